The molecule has 1 unspecified atom stereocenters. The lowest BCUT2D eigenvalue weighted by Gasteiger charge is -2.12. The summed E-state index contributed by atoms with van der Waals surface area (Å²) in [6, 6.07) is 8.45. The quantitative estimate of drug-likeness (QED) is 0.798. The fourth-order valence-electron chi connectivity index (χ4n) is 3.00. The Kier molecular flexibility index (Phi) is 3.12. The van der Waals surface area contributed by atoms with Crippen LogP contribution in [0, 0.1) is 0 Å². The van der Waals surface area contributed by atoms with Crippen LogP contribution in [0.3, 0.4) is 0 Å². The molecule has 1 atom stereocenters. The van der Waals surface area contributed by atoms with Gasteiger partial charge in [0, 0.05) is 24.9 Å². The summed E-state index contributed by atoms with van der Waals surface area (Å²) in [5.41, 5.74) is 2.86. The Morgan fingerprint density at radius 1 is 1.24 bits per heavy atom. The number of nitrogens with one attached hydrogen (secondary N) is 1. The van der Waals surface area contributed by atoms with Crippen molar-refractivity contribution in [1.29, 1.82) is 0 Å². The minimum Gasteiger partial charge on any atom is -0.314 e. The van der Waals surface area contributed by atoms with Gasteiger partial charge in [0.2, 0.25) is 0 Å². The highest BCUT2D eigenvalue weighted by Gasteiger charge is 2.20. The molecular formula is C16H17N5. The third-order valence-electron chi connectivity index (χ3n) is 3.98. The van der Waals surface area contributed by atoms with E-state index in [9.17, 15) is 0 Å². The highest BCUT2D eigenvalue weighted by molar-refractivity contribution is 5.73. The molecule has 1 N–H and O–H groups in total. The maximum atomic E-state index is 4.79. The van der Waals surface area contributed by atoms with E-state index in [0.717, 1.165) is 35.6 Å². The number of fused-ring (bicyclic) bond motifs is 1. The predicted octanol–water partition coefficient (Wildman–Crippen LogP) is 2.11. The zero-order valence-corrected chi connectivity index (χ0v) is 11.7. The number of hydrogen-bond donors (Lipinski definition) is 1. The molecule has 0 aromatic carbocycles. The van der Waals surface area contributed by atoms with Gasteiger partial charge in [0.1, 0.15) is 11.3 Å². The van der Waals surface area contributed by atoms with Crippen LogP contribution >= 0.6 is 0 Å². The van der Waals surface area contributed by atoms with Gasteiger partial charge in [-0.25, -0.2) is 9.97 Å². The minimum atomic E-state index is 0.511. The molecule has 0 bridgehead atoms. The minimum absolute atomic E-state index is 0.511. The fourth-order valence-corrected chi connectivity index (χ4v) is 3.00. The molecule has 21 heavy (non-hydrogen) atoms. The van der Waals surface area contributed by atoms with E-state index in [4.69, 9.17) is 4.98 Å². The summed E-state index contributed by atoms with van der Waals surface area (Å²) in [5.74, 6) is 1.05. The predicted molar refractivity (Wildman–Crippen MR) is 81.4 cm³/mol. The average molecular weight is 279 g/mol. The first-order valence-electron chi connectivity index (χ1n) is 7.38. The van der Waals surface area contributed by atoms with Crippen LogP contribution < -0.4 is 5.32 Å². The molecule has 106 valence electrons. The van der Waals surface area contributed by atoms with E-state index >= 15 is 0 Å². The highest BCUT2D eigenvalue weighted by atomic mass is 15.1. The van der Waals surface area contributed by atoms with Crippen molar-refractivity contribution < 1.29 is 0 Å². The first-order valence-corrected chi connectivity index (χ1v) is 7.38. The third-order valence-corrected chi connectivity index (χ3v) is 3.98. The molecule has 1 fully saturated rings. The van der Waals surface area contributed by atoms with Crippen LogP contribution in [-0.4, -0.2) is 32.1 Å². The Balaban J connectivity index is 1.84. The maximum absolute atomic E-state index is 4.79. The van der Waals surface area contributed by atoms with Gasteiger partial charge in [-0.15, -0.1) is 0 Å². The summed E-state index contributed by atoms with van der Waals surface area (Å²) >= 11 is 0. The largest absolute Gasteiger partial charge is 0.314 e. The summed E-state index contributed by atoms with van der Waals surface area (Å²) < 4.78 is 2.13. The molecule has 1 aliphatic rings. The lowest BCUT2D eigenvalue weighted by Crippen LogP contribution is -2.25. The Bertz CT molecular complexity index is 744. The van der Waals surface area contributed by atoms with Gasteiger partial charge >= 0.3 is 0 Å². The smallest absolute Gasteiger partial charge is 0.164 e. The van der Waals surface area contributed by atoms with Crippen molar-refractivity contribution in [3.63, 3.8) is 0 Å². The Labute approximate surface area is 123 Å². The Hall–Kier alpha value is -2.27. The average Bonchev–Trinajstić information content (AvgIpc) is 3.15. The van der Waals surface area contributed by atoms with Crippen LogP contribution in [0.2, 0.25) is 0 Å². The van der Waals surface area contributed by atoms with E-state index in [-0.39, 0.29) is 0 Å². The number of nitrogens with zero attached hydrogens (tertiary/aromatic N) is 4. The molecule has 0 spiro atoms. The van der Waals surface area contributed by atoms with Gasteiger partial charge in [0.15, 0.2) is 5.65 Å². The van der Waals surface area contributed by atoms with Crippen LogP contribution in [-0.2, 0) is 6.42 Å². The van der Waals surface area contributed by atoms with Crippen LogP contribution in [0.1, 0.15) is 18.7 Å². The highest BCUT2D eigenvalue weighted by Crippen LogP contribution is 2.21. The second-order valence-corrected chi connectivity index (χ2v) is 5.42. The van der Waals surface area contributed by atoms with Gasteiger partial charge in [-0.3, -0.25) is 9.55 Å². The van der Waals surface area contributed by atoms with Crippen molar-refractivity contribution in [2.24, 2.45) is 0 Å². The van der Waals surface area contributed by atoms with E-state index in [2.05, 4.69) is 19.9 Å². The first kappa shape index (κ1) is 12.5. The van der Waals surface area contributed by atoms with Gasteiger partial charge in [0.05, 0.1) is 11.9 Å². The molecule has 5 nitrogen and oxygen atoms in total. The van der Waals surface area contributed by atoms with Gasteiger partial charge in [-0.1, -0.05) is 0 Å². The van der Waals surface area contributed by atoms with Gasteiger partial charge < -0.3 is 5.32 Å². The number of aromatic nitrogens is 4. The molecule has 1 saturated heterocycles. The van der Waals surface area contributed by atoms with Crippen LogP contribution in [0.5, 0.6) is 0 Å². The molecule has 1 aliphatic heterocycles. The number of pyridine rings is 2. The summed E-state index contributed by atoms with van der Waals surface area (Å²) in [6.45, 7) is 1.11. The molecule has 4 rings (SSSR count). The van der Waals surface area contributed by atoms with Crippen molar-refractivity contribution in [2.75, 3.05) is 6.54 Å². The van der Waals surface area contributed by atoms with Crippen molar-refractivity contribution in [3.8, 4) is 5.69 Å². The molecule has 0 saturated carbocycles. The van der Waals surface area contributed by atoms with E-state index < -0.39 is 0 Å². The summed E-state index contributed by atoms with van der Waals surface area (Å²) in [5, 5.41) is 3.54. The third kappa shape index (κ3) is 2.29. The topological polar surface area (TPSA) is 55.6 Å². The summed E-state index contributed by atoms with van der Waals surface area (Å²) in [6.07, 6.45) is 8.84. The van der Waals surface area contributed by atoms with E-state index in [0.29, 0.717) is 6.04 Å². The monoisotopic (exact) mass is 279 g/mol. The fraction of sp³-hybridized carbons (Fsp3) is 0.312. The molecule has 0 amide bonds. The van der Waals surface area contributed by atoms with Crippen molar-refractivity contribution in [2.45, 2.75) is 25.3 Å². The molecule has 3 aromatic rings. The molecule has 0 radical (unpaired) electrons. The summed E-state index contributed by atoms with van der Waals surface area (Å²) in [4.78, 5) is 13.5. The maximum Gasteiger partial charge on any atom is 0.164 e. The van der Waals surface area contributed by atoms with Crippen LogP contribution in [0.25, 0.3) is 16.9 Å². The van der Waals surface area contributed by atoms with Crippen LogP contribution in [0.4, 0.5) is 0 Å². The van der Waals surface area contributed by atoms with Crippen molar-refractivity contribution >= 4 is 11.2 Å². The van der Waals surface area contributed by atoms with Crippen molar-refractivity contribution in [3.05, 3.63) is 48.7 Å². The standard InChI is InChI=1S/C16H17N5/c1-4-12(18-8-1)10-15-20-14-6-3-9-19-16(14)21(15)13-5-2-7-17-11-13/h2-3,5-7,9,11-12,18H,1,4,8,10H2. The van der Waals surface area contributed by atoms with Gasteiger partial charge in [-0.2, -0.15) is 0 Å². The molecule has 3 aromatic heterocycles. The lowest BCUT2D eigenvalue weighted by atomic mass is 10.1. The van der Waals surface area contributed by atoms with E-state index in [1.807, 2.05) is 36.7 Å². The number of rotatable bonds is 3. The second kappa shape index (κ2) is 5.26. The normalized spacial score (nSPS) is 18.4. The van der Waals surface area contributed by atoms with Crippen LogP contribution in [0.15, 0.2) is 42.9 Å². The summed E-state index contributed by atoms with van der Waals surface area (Å²) in [7, 11) is 0. The van der Waals surface area contributed by atoms with E-state index in [1.165, 1.54) is 12.8 Å². The Morgan fingerprint density at radius 2 is 2.19 bits per heavy atom. The zero-order valence-electron chi connectivity index (χ0n) is 11.7. The lowest BCUT2D eigenvalue weighted by molar-refractivity contribution is 0.582. The first-order chi connectivity index (χ1) is 10.4. The van der Waals surface area contributed by atoms with E-state index in [1.54, 1.807) is 6.20 Å². The molecule has 4 heterocycles. The molecule has 5 heteroatoms. The zero-order chi connectivity index (χ0) is 14.1. The van der Waals surface area contributed by atoms with Gasteiger partial charge in [0.25, 0.3) is 0 Å². The molecule has 0 aliphatic carbocycles. The Morgan fingerprint density at radius 3 is 3.00 bits per heavy atom. The number of hydrogen-bond acceptors (Lipinski definition) is 4. The molecular weight excluding hydrogens is 262 g/mol. The second-order valence-electron chi connectivity index (χ2n) is 5.42. The SMILES string of the molecule is c1cncc(-n2c(CC3CCCN3)nc3cccnc32)c1. The number of imidazole rings is 1. The van der Waals surface area contributed by atoms with Gasteiger partial charge in [-0.05, 0) is 43.7 Å². The van der Waals surface area contributed by atoms with Crippen molar-refractivity contribution in [1.82, 2.24) is 24.8 Å².